The number of hydrogen-bond acceptors (Lipinski definition) is 3. The summed E-state index contributed by atoms with van der Waals surface area (Å²) >= 11 is 0. The second-order valence-corrected chi connectivity index (χ2v) is 5.65. The molecule has 0 aliphatic carbocycles. The lowest BCUT2D eigenvalue weighted by atomic mass is 9.99. The summed E-state index contributed by atoms with van der Waals surface area (Å²) in [6, 6.07) is 0. The third kappa shape index (κ3) is 5.83. The van der Waals surface area contributed by atoms with Crippen molar-refractivity contribution in [3.05, 3.63) is 0 Å². The van der Waals surface area contributed by atoms with Gasteiger partial charge in [-0.3, -0.25) is 4.79 Å². The molecule has 1 amide bonds. The van der Waals surface area contributed by atoms with E-state index in [4.69, 9.17) is 5.73 Å². The smallest absolute Gasteiger partial charge is 0.222 e. The molecule has 0 spiro atoms. The van der Waals surface area contributed by atoms with Crippen LogP contribution in [0.25, 0.3) is 0 Å². The zero-order chi connectivity index (χ0) is 13.4. The van der Waals surface area contributed by atoms with Gasteiger partial charge >= 0.3 is 0 Å². The van der Waals surface area contributed by atoms with Gasteiger partial charge in [-0.05, 0) is 51.2 Å². The third-order valence-electron chi connectivity index (χ3n) is 3.89. The Labute approximate surface area is 111 Å². The number of carbonyl (C=O) groups excluding carboxylic acids is 1. The van der Waals surface area contributed by atoms with Crippen molar-refractivity contribution in [1.82, 2.24) is 10.2 Å². The standard InChI is InChI=1S/C14H29N3O/c1-12-5-9-17(10-6-12)11-8-16-14(18)13(2)4-3-7-15/h12-13H,3-11,15H2,1-2H3,(H,16,18). The van der Waals surface area contributed by atoms with Gasteiger partial charge in [-0.15, -0.1) is 0 Å². The number of hydrogen-bond donors (Lipinski definition) is 2. The molecule has 1 saturated heterocycles. The zero-order valence-corrected chi connectivity index (χ0v) is 12.0. The molecule has 1 rings (SSSR count). The van der Waals surface area contributed by atoms with Crippen molar-refractivity contribution in [2.45, 2.75) is 39.5 Å². The van der Waals surface area contributed by atoms with E-state index < -0.39 is 0 Å². The summed E-state index contributed by atoms with van der Waals surface area (Å²) in [5.74, 6) is 1.14. The molecule has 3 N–H and O–H groups in total. The van der Waals surface area contributed by atoms with E-state index in [0.29, 0.717) is 6.54 Å². The van der Waals surface area contributed by atoms with E-state index in [0.717, 1.165) is 31.8 Å². The number of nitrogens with one attached hydrogen (secondary N) is 1. The largest absolute Gasteiger partial charge is 0.355 e. The zero-order valence-electron chi connectivity index (χ0n) is 12.0. The predicted molar refractivity (Wildman–Crippen MR) is 75.3 cm³/mol. The predicted octanol–water partition coefficient (Wildman–Crippen LogP) is 1.21. The number of rotatable bonds is 7. The van der Waals surface area contributed by atoms with Gasteiger partial charge in [-0.1, -0.05) is 13.8 Å². The second-order valence-electron chi connectivity index (χ2n) is 5.65. The molecule has 106 valence electrons. The molecule has 1 aliphatic rings. The van der Waals surface area contributed by atoms with Crippen molar-refractivity contribution in [2.75, 3.05) is 32.7 Å². The Kier molecular flexibility index (Phi) is 7.28. The summed E-state index contributed by atoms with van der Waals surface area (Å²) in [6.45, 7) is 9.09. The number of likely N-dealkylation sites (tertiary alicyclic amines) is 1. The van der Waals surface area contributed by atoms with E-state index in [9.17, 15) is 4.79 Å². The highest BCUT2D eigenvalue weighted by Crippen LogP contribution is 2.15. The minimum atomic E-state index is 0.0925. The van der Waals surface area contributed by atoms with Gasteiger partial charge in [0.15, 0.2) is 0 Å². The SMILES string of the molecule is CC1CCN(CCNC(=O)C(C)CCCN)CC1. The maximum Gasteiger partial charge on any atom is 0.222 e. The average molecular weight is 255 g/mol. The molecule has 1 atom stereocenters. The highest BCUT2D eigenvalue weighted by Gasteiger charge is 2.16. The van der Waals surface area contributed by atoms with Gasteiger partial charge in [0.1, 0.15) is 0 Å². The van der Waals surface area contributed by atoms with Crippen LogP contribution in [-0.2, 0) is 4.79 Å². The first-order chi connectivity index (χ1) is 8.63. The molecule has 1 unspecified atom stereocenters. The van der Waals surface area contributed by atoms with Crippen molar-refractivity contribution in [1.29, 1.82) is 0 Å². The molecule has 0 aromatic heterocycles. The Morgan fingerprint density at radius 1 is 1.44 bits per heavy atom. The molecule has 0 bridgehead atoms. The first kappa shape index (κ1) is 15.4. The number of nitrogens with zero attached hydrogens (tertiary/aromatic N) is 1. The number of piperidine rings is 1. The number of carbonyl (C=O) groups is 1. The van der Waals surface area contributed by atoms with Crippen molar-refractivity contribution in [3.63, 3.8) is 0 Å². The number of amides is 1. The maximum atomic E-state index is 11.8. The van der Waals surface area contributed by atoms with Crippen LogP contribution in [0.3, 0.4) is 0 Å². The fourth-order valence-electron chi connectivity index (χ4n) is 2.35. The highest BCUT2D eigenvalue weighted by atomic mass is 16.1. The van der Waals surface area contributed by atoms with Crippen LogP contribution >= 0.6 is 0 Å². The first-order valence-electron chi connectivity index (χ1n) is 7.33. The summed E-state index contributed by atoms with van der Waals surface area (Å²) in [6.07, 6.45) is 4.41. The van der Waals surface area contributed by atoms with E-state index in [1.807, 2.05) is 6.92 Å². The molecule has 0 aromatic rings. The lowest BCUT2D eigenvalue weighted by molar-refractivity contribution is -0.124. The Morgan fingerprint density at radius 3 is 2.72 bits per heavy atom. The molecular formula is C14H29N3O. The molecule has 1 heterocycles. The molecule has 1 fully saturated rings. The van der Waals surface area contributed by atoms with E-state index in [2.05, 4.69) is 17.1 Å². The van der Waals surface area contributed by atoms with Crippen LogP contribution in [0.2, 0.25) is 0 Å². The quantitative estimate of drug-likeness (QED) is 0.719. The van der Waals surface area contributed by atoms with Crippen molar-refractivity contribution < 1.29 is 4.79 Å². The van der Waals surface area contributed by atoms with Gasteiger partial charge in [0.05, 0.1) is 0 Å². The summed E-state index contributed by atoms with van der Waals surface area (Å²) in [4.78, 5) is 14.2. The average Bonchev–Trinajstić information content (AvgIpc) is 2.38. The Hall–Kier alpha value is -0.610. The Balaban J connectivity index is 2.08. The molecule has 4 nitrogen and oxygen atoms in total. The summed E-state index contributed by atoms with van der Waals surface area (Å²) in [7, 11) is 0. The molecule has 18 heavy (non-hydrogen) atoms. The lowest BCUT2D eigenvalue weighted by Crippen LogP contribution is -2.40. The summed E-state index contributed by atoms with van der Waals surface area (Å²) in [5, 5.41) is 3.03. The van der Waals surface area contributed by atoms with Gasteiger partial charge in [-0.25, -0.2) is 0 Å². The Bertz CT molecular complexity index is 237. The van der Waals surface area contributed by atoms with Crippen LogP contribution in [0.4, 0.5) is 0 Å². The second kappa shape index (κ2) is 8.48. The van der Waals surface area contributed by atoms with Crippen molar-refractivity contribution in [3.8, 4) is 0 Å². The van der Waals surface area contributed by atoms with Gasteiger partial charge in [0.25, 0.3) is 0 Å². The van der Waals surface area contributed by atoms with E-state index in [1.165, 1.54) is 25.9 Å². The van der Waals surface area contributed by atoms with Crippen LogP contribution in [0.15, 0.2) is 0 Å². The topological polar surface area (TPSA) is 58.4 Å². The number of nitrogens with two attached hydrogens (primary N) is 1. The molecule has 0 aromatic carbocycles. The molecule has 4 heteroatoms. The van der Waals surface area contributed by atoms with Gasteiger partial charge in [-0.2, -0.15) is 0 Å². The fraction of sp³-hybridized carbons (Fsp3) is 0.929. The first-order valence-corrected chi connectivity index (χ1v) is 7.33. The van der Waals surface area contributed by atoms with Gasteiger partial charge in [0, 0.05) is 19.0 Å². The van der Waals surface area contributed by atoms with Crippen LogP contribution in [0.5, 0.6) is 0 Å². The molecule has 0 radical (unpaired) electrons. The van der Waals surface area contributed by atoms with Crippen LogP contribution < -0.4 is 11.1 Å². The monoisotopic (exact) mass is 255 g/mol. The lowest BCUT2D eigenvalue weighted by Gasteiger charge is -2.30. The molecular weight excluding hydrogens is 226 g/mol. The highest BCUT2D eigenvalue weighted by molar-refractivity contribution is 5.78. The van der Waals surface area contributed by atoms with Gasteiger partial charge < -0.3 is 16.0 Å². The van der Waals surface area contributed by atoms with E-state index in [1.54, 1.807) is 0 Å². The molecule has 0 saturated carbocycles. The van der Waals surface area contributed by atoms with E-state index >= 15 is 0 Å². The van der Waals surface area contributed by atoms with Crippen molar-refractivity contribution in [2.24, 2.45) is 17.6 Å². The van der Waals surface area contributed by atoms with E-state index in [-0.39, 0.29) is 11.8 Å². The fourth-order valence-corrected chi connectivity index (χ4v) is 2.35. The molecule has 1 aliphatic heterocycles. The third-order valence-corrected chi connectivity index (χ3v) is 3.89. The Morgan fingerprint density at radius 2 is 2.11 bits per heavy atom. The van der Waals surface area contributed by atoms with Crippen molar-refractivity contribution >= 4 is 5.91 Å². The van der Waals surface area contributed by atoms with Crippen LogP contribution in [0.1, 0.15) is 39.5 Å². The summed E-state index contributed by atoms with van der Waals surface area (Å²) < 4.78 is 0. The maximum absolute atomic E-state index is 11.8. The minimum Gasteiger partial charge on any atom is -0.355 e. The van der Waals surface area contributed by atoms with Gasteiger partial charge in [0.2, 0.25) is 5.91 Å². The van der Waals surface area contributed by atoms with Crippen LogP contribution in [0, 0.1) is 11.8 Å². The van der Waals surface area contributed by atoms with Crippen LogP contribution in [-0.4, -0.2) is 43.5 Å². The summed E-state index contributed by atoms with van der Waals surface area (Å²) in [5.41, 5.74) is 5.45. The minimum absolute atomic E-state index is 0.0925. The normalized spacial score (nSPS) is 19.7.